The molecule has 2 aliphatic rings. The van der Waals surface area contributed by atoms with Crippen molar-refractivity contribution >= 4 is 0 Å². The molecule has 0 aliphatic carbocycles. The first-order chi connectivity index (χ1) is 7.84. The number of fused-ring (bicyclic) bond motifs is 1. The molecule has 4 nitrogen and oxygen atoms in total. The van der Waals surface area contributed by atoms with E-state index in [9.17, 15) is 0 Å². The number of aromatic nitrogens is 1. The minimum absolute atomic E-state index is 0.538. The molecule has 16 heavy (non-hydrogen) atoms. The largest absolute Gasteiger partial charge is 0.360 e. The normalized spacial score (nSPS) is 26.7. The van der Waals surface area contributed by atoms with Crippen molar-refractivity contribution in [1.29, 1.82) is 0 Å². The highest BCUT2D eigenvalue weighted by Gasteiger charge is 2.28. The van der Waals surface area contributed by atoms with Crippen LogP contribution in [-0.4, -0.2) is 36.7 Å². The highest BCUT2D eigenvalue weighted by molar-refractivity contribution is 5.28. The lowest BCUT2D eigenvalue weighted by atomic mass is 9.92. The van der Waals surface area contributed by atoms with Gasteiger partial charge in [-0.2, -0.15) is 0 Å². The highest BCUT2D eigenvalue weighted by Crippen LogP contribution is 2.30. The van der Waals surface area contributed by atoms with Gasteiger partial charge < -0.3 is 14.7 Å². The minimum atomic E-state index is 0.538. The van der Waals surface area contributed by atoms with E-state index in [2.05, 4.69) is 22.4 Å². The maximum Gasteiger partial charge on any atom is 0.145 e. The monoisotopic (exact) mass is 221 g/mol. The Hall–Kier alpha value is -0.870. The molecular weight excluding hydrogens is 202 g/mol. The Kier molecular flexibility index (Phi) is 2.69. The first-order valence-corrected chi connectivity index (χ1v) is 6.21. The second-order valence-corrected chi connectivity index (χ2v) is 5.00. The Labute approximate surface area is 96.0 Å². The quantitative estimate of drug-likeness (QED) is 0.772. The van der Waals surface area contributed by atoms with Crippen molar-refractivity contribution in [3.05, 3.63) is 17.0 Å². The van der Waals surface area contributed by atoms with Crippen LogP contribution < -0.4 is 5.32 Å². The lowest BCUT2D eigenvalue weighted by molar-refractivity contribution is 0.307. The molecule has 3 heterocycles. The first-order valence-electron chi connectivity index (χ1n) is 6.21. The number of nitrogens with one attached hydrogen (secondary N) is 1. The van der Waals surface area contributed by atoms with E-state index in [1.807, 2.05) is 0 Å². The van der Waals surface area contributed by atoms with Crippen LogP contribution in [0.3, 0.4) is 0 Å². The van der Waals surface area contributed by atoms with E-state index >= 15 is 0 Å². The molecule has 0 aromatic carbocycles. The van der Waals surface area contributed by atoms with E-state index in [4.69, 9.17) is 4.52 Å². The predicted octanol–water partition coefficient (Wildman–Crippen LogP) is 1.13. The average Bonchev–Trinajstić information content (AvgIpc) is 2.73. The van der Waals surface area contributed by atoms with Crippen molar-refractivity contribution in [2.24, 2.45) is 0 Å². The van der Waals surface area contributed by atoms with Crippen LogP contribution in [0.1, 0.15) is 35.8 Å². The van der Waals surface area contributed by atoms with E-state index < -0.39 is 0 Å². The van der Waals surface area contributed by atoms with Crippen LogP contribution in [0, 0.1) is 0 Å². The van der Waals surface area contributed by atoms with Gasteiger partial charge in [0.15, 0.2) is 0 Å². The predicted molar refractivity (Wildman–Crippen MR) is 61.4 cm³/mol. The fourth-order valence-electron chi connectivity index (χ4n) is 2.76. The molecule has 4 heteroatoms. The van der Waals surface area contributed by atoms with Crippen molar-refractivity contribution in [2.75, 3.05) is 26.7 Å². The maximum absolute atomic E-state index is 5.59. The fourth-order valence-corrected chi connectivity index (χ4v) is 2.76. The standard InChI is InChI=1S/C12H19N3O/c1-15-6-4-11-10(8-15)12(16-14-11)9-3-2-5-13-7-9/h9,13H,2-8H2,1H3. The van der Waals surface area contributed by atoms with Crippen molar-refractivity contribution in [3.8, 4) is 0 Å². The molecule has 0 bridgehead atoms. The molecule has 1 unspecified atom stereocenters. The summed E-state index contributed by atoms with van der Waals surface area (Å²) in [6, 6.07) is 0. The van der Waals surface area contributed by atoms with Crippen LogP contribution in [0.15, 0.2) is 4.52 Å². The second kappa shape index (κ2) is 4.18. The van der Waals surface area contributed by atoms with Crippen LogP contribution in [0.25, 0.3) is 0 Å². The molecule has 1 fully saturated rings. The van der Waals surface area contributed by atoms with E-state index in [0.717, 1.165) is 38.4 Å². The van der Waals surface area contributed by atoms with E-state index in [1.54, 1.807) is 0 Å². The molecule has 0 saturated carbocycles. The number of hydrogen-bond acceptors (Lipinski definition) is 4. The Morgan fingerprint density at radius 3 is 3.25 bits per heavy atom. The molecule has 1 aromatic rings. The average molecular weight is 221 g/mol. The third-order valence-corrected chi connectivity index (χ3v) is 3.73. The smallest absolute Gasteiger partial charge is 0.145 e. The summed E-state index contributed by atoms with van der Waals surface area (Å²) in [6.45, 7) is 4.30. The molecule has 0 spiro atoms. The molecule has 2 aliphatic heterocycles. The van der Waals surface area contributed by atoms with E-state index in [-0.39, 0.29) is 0 Å². The third-order valence-electron chi connectivity index (χ3n) is 3.73. The maximum atomic E-state index is 5.59. The summed E-state index contributed by atoms with van der Waals surface area (Å²) in [7, 11) is 2.17. The zero-order chi connectivity index (χ0) is 11.0. The van der Waals surface area contributed by atoms with Gasteiger partial charge in [-0.3, -0.25) is 0 Å². The van der Waals surface area contributed by atoms with Crippen molar-refractivity contribution in [3.63, 3.8) is 0 Å². The molecular formula is C12H19N3O. The summed E-state index contributed by atoms with van der Waals surface area (Å²) < 4.78 is 5.59. The van der Waals surface area contributed by atoms with Gasteiger partial charge in [0.1, 0.15) is 5.76 Å². The number of nitrogens with zero attached hydrogens (tertiary/aromatic N) is 2. The van der Waals surface area contributed by atoms with Crippen molar-refractivity contribution in [1.82, 2.24) is 15.4 Å². The summed E-state index contributed by atoms with van der Waals surface area (Å²) in [5.74, 6) is 1.69. The van der Waals surface area contributed by atoms with Crippen LogP contribution >= 0.6 is 0 Å². The van der Waals surface area contributed by atoms with Gasteiger partial charge in [0, 0.05) is 37.5 Å². The summed E-state index contributed by atoms with van der Waals surface area (Å²) >= 11 is 0. The summed E-state index contributed by atoms with van der Waals surface area (Å²) in [4.78, 5) is 2.35. The molecule has 0 radical (unpaired) electrons. The van der Waals surface area contributed by atoms with Gasteiger partial charge >= 0.3 is 0 Å². The Morgan fingerprint density at radius 2 is 2.44 bits per heavy atom. The Bertz CT molecular complexity index is 368. The topological polar surface area (TPSA) is 41.3 Å². The minimum Gasteiger partial charge on any atom is -0.360 e. The SMILES string of the molecule is CN1CCc2noc(C3CCCNC3)c2C1. The lowest BCUT2D eigenvalue weighted by Crippen LogP contribution is -2.30. The van der Waals surface area contributed by atoms with Crippen LogP contribution in [0.4, 0.5) is 0 Å². The Morgan fingerprint density at radius 1 is 1.50 bits per heavy atom. The van der Waals surface area contributed by atoms with Crippen LogP contribution in [-0.2, 0) is 13.0 Å². The third kappa shape index (κ3) is 1.76. The zero-order valence-corrected chi connectivity index (χ0v) is 9.83. The molecule has 0 amide bonds. The zero-order valence-electron chi connectivity index (χ0n) is 9.83. The summed E-state index contributed by atoms with van der Waals surface area (Å²) in [5, 5.41) is 7.68. The highest BCUT2D eigenvalue weighted by atomic mass is 16.5. The number of hydrogen-bond donors (Lipinski definition) is 1. The van der Waals surface area contributed by atoms with Crippen LogP contribution in [0.2, 0.25) is 0 Å². The summed E-state index contributed by atoms with van der Waals surface area (Å²) in [6.07, 6.45) is 3.52. The first kappa shape index (κ1) is 10.3. The molecule has 88 valence electrons. The molecule has 3 rings (SSSR count). The number of rotatable bonds is 1. The second-order valence-electron chi connectivity index (χ2n) is 5.00. The molecule has 1 N–H and O–H groups in total. The number of piperidine rings is 1. The van der Waals surface area contributed by atoms with Gasteiger partial charge in [-0.1, -0.05) is 5.16 Å². The Balaban J connectivity index is 1.86. The fraction of sp³-hybridized carbons (Fsp3) is 0.750. The van der Waals surface area contributed by atoms with Gasteiger partial charge in [-0.05, 0) is 26.4 Å². The van der Waals surface area contributed by atoms with Gasteiger partial charge in [0.05, 0.1) is 5.69 Å². The van der Waals surface area contributed by atoms with Crippen molar-refractivity contribution < 1.29 is 4.52 Å². The van der Waals surface area contributed by atoms with E-state index in [1.165, 1.54) is 24.1 Å². The van der Waals surface area contributed by atoms with Gasteiger partial charge in [0.25, 0.3) is 0 Å². The summed E-state index contributed by atoms with van der Waals surface area (Å²) in [5.41, 5.74) is 2.56. The van der Waals surface area contributed by atoms with Gasteiger partial charge in [0.2, 0.25) is 0 Å². The van der Waals surface area contributed by atoms with Gasteiger partial charge in [-0.25, -0.2) is 0 Å². The number of likely N-dealkylation sites (N-methyl/N-ethyl adjacent to an activating group) is 1. The molecule has 1 aromatic heterocycles. The van der Waals surface area contributed by atoms with Gasteiger partial charge in [-0.15, -0.1) is 0 Å². The van der Waals surface area contributed by atoms with Crippen molar-refractivity contribution in [2.45, 2.75) is 31.7 Å². The molecule has 1 saturated heterocycles. The lowest BCUT2D eigenvalue weighted by Gasteiger charge is -2.25. The molecule has 1 atom stereocenters. The van der Waals surface area contributed by atoms with E-state index in [0.29, 0.717) is 5.92 Å². The van der Waals surface area contributed by atoms with Crippen LogP contribution in [0.5, 0.6) is 0 Å².